The van der Waals surface area contributed by atoms with Gasteiger partial charge in [0.1, 0.15) is 6.10 Å². The van der Waals surface area contributed by atoms with Gasteiger partial charge in [-0.25, -0.2) is 0 Å². The molecule has 3 nitrogen and oxygen atoms in total. The molecule has 0 radical (unpaired) electrons. The number of aliphatic hydroxyl groups is 1. The van der Waals surface area contributed by atoms with Crippen molar-refractivity contribution in [3.63, 3.8) is 0 Å². The fourth-order valence-corrected chi connectivity index (χ4v) is 2.35. The molecule has 1 fully saturated rings. The van der Waals surface area contributed by atoms with Crippen LogP contribution in [0.4, 0.5) is 0 Å². The lowest BCUT2D eigenvalue weighted by molar-refractivity contribution is -0.218. The summed E-state index contributed by atoms with van der Waals surface area (Å²) in [6.45, 7) is 5.48. The highest BCUT2D eigenvalue weighted by atomic mass is 16.7. The molecule has 0 aromatic heterocycles. The highest BCUT2D eigenvalue weighted by Gasteiger charge is 2.23. The summed E-state index contributed by atoms with van der Waals surface area (Å²) in [5.74, 6) is 0. The van der Waals surface area contributed by atoms with Crippen molar-refractivity contribution in [2.75, 3.05) is 13.2 Å². The molecule has 1 aliphatic carbocycles. The van der Waals surface area contributed by atoms with Crippen LogP contribution in [0, 0.1) is 5.41 Å². The van der Waals surface area contributed by atoms with E-state index in [-0.39, 0.29) is 6.29 Å². The Bertz CT molecular complexity index is 275. The molecular formula is C14H24O3. The number of rotatable bonds is 3. The molecule has 3 heteroatoms. The molecule has 0 unspecified atom stereocenters. The van der Waals surface area contributed by atoms with Crippen LogP contribution in [0.3, 0.4) is 0 Å². The van der Waals surface area contributed by atoms with Crippen molar-refractivity contribution in [3.8, 4) is 0 Å². The van der Waals surface area contributed by atoms with Gasteiger partial charge in [-0.1, -0.05) is 25.5 Å². The third-order valence-electron chi connectivity index (χ3n) is 3.72. The van der Waals surface area contributed by atoms with E-state index < -0.39 is 6.10 Å². The van der Waals surface area contributed by atoms with Crippen molar-refractivity contribution in [2.24, 2.45) is 5.41 Å². The molecule has 1 aliphatic heterocycles. The van der Waals surface area contributed by atoms with Gasteiger partial charge in [-0.05, 0) is 31.1 Å². The van der Waals surface area contributed by atoms with Gasteiger partial charge in [-0.3, -0.25) is 0 Å². The molecule has 0 atom stereocenters. The Kier molecular flexibility index (Phi) is 4.23. The van der Waals surface area contributed by atoms with E-state index in [2.05, 4.69) is 19.9 Å². The first-order chi connectivity index (χ1) is 8.05. The molecule has 98 valence electrons. The van der Waals surface area contributed by atoms with Crippen molar-refractivity contribution in [1.29, 1.82) is 0 Å². The maximum absolute atomic E-state index is 9.24. The summed E-state index contributed by atoms with van der Waals surface area (Å²) in [4.78, 5) is 0. The van der Waals surface area contributed by atoms with Gasteiger partial charge in [0.15, 0.2) is 6.29 Å². The first-order valence-corrected chi connectivity index (χ1v) is 6.64. The van der Waals surface area contributed by atoms with E-state index in [1.807, 2.05) is 0 Å². The summed E-state index contributed by atoms with van der Waals surface area (Å²) >= 11 is 0. The van der Waals surface area contributed by atoms with Crippen LogP contribution in [0.1, 0.15) is 46.0 Å². The van der Waals surface area contributed by atoms with E-state index in [1.165, 1.54) is 19.3 Å². The third-order valence-corrected chi connectivity index (χ3v) is 3.72. The second-order valence-corrected chi connectivity index (χ2v) is 6.02. The van der Waals surface area contributed by atoms with Crippen molar-refractivity contribution in [1.82, 2.24) is 0 Å². The first kappa shape index (κ1) is 13.1. The van der Waals surface area contributed by atoms with Crippen LogP contribution < -0.4 is 0 Å². The predicted octanol–water partition coefficient (Wildman–Crippen LogP) is 2.64. The number of hydrogen-bond acceptors (Lipinski definition) is 3. The van der Waals surface area contributed by atoms with E-state index in [0.717, 1.165) is 12.8 Å². The fraction of sp³-hybridized carbons (Fsp3) is 0.857. The van der Waals surface area contributed by atoms with E-state index >= 15 is 0 Å². The van der Waals surface area contributed by atoms with Crippen molar-refractivity contribution in [2.45, 2.75) is 58.3 Å². The standard InChI is InChI=1S/C14H24O3/c1-14(2)7-5-11(6-8-14)3-4-13-16-9-12(15)10-17-13/h5,12-13,15H,3-4,6-10H2,1-2H3. The molecule has 2 rings (SSSR count). The van der Waals surface area contributed by atoms with Crippen molar-refractivity contribution in [3.05, 3.63) is 11.6 Å². The van der Waals surface area contributed by atoms with Crippen LogP contribution >= 0.6 is 0 Å². The van der Waals surface area contributed by atoms with Crippen molar-refractivity contribution >= 4 is 0 Å². The average molecular weight is 240 g/mol. The van der Waals surface area contributed by atoms with Gasteiger partial charge in [0.2, 0.25) is 0 Å². The lowest BCUT2D eigenvalue weighted by atomic mass is 9.77. The van der Waals surface area contributed by atoms with Gasteiger partial charge in [0.25, 0.3) is 0 Å². The Balaban J connectivity index is 1.70. The predicted molar refractivity (Wildman–Crippen MR) is 66.6 cm³/mol. The number of ether oxygens (including phenoxy) is 2. The van der Waals surface area contributed by atoms with Crippen molar-refractivity contribution < 1.29 is 14.6 Å². The van der Waals surface area contributed by atoms with E-state index in [0.29, 0.717) is 18.6 Å². The van der Waals surface area contributed by atoms with Gasteiger partial charge in [-0.15, -0.1) is 0 Å². The van der Waals surface area contributed by atoms with Crippen LogP contribution in [-0.4, -0.2) is 30.7 Å². The van der Waals surface area contributed by atoms with Gasteiger partial charge in [-0.2, -0.15) is 0 Å². The van der Waals surface area contributed by atoms with Gasteiger partial charge < -0.3 is 14.6 Å². The molecule has 1 saturated heterocycles. The summed E-state index contributed by atoms with van der Waals surface area (Å²) in [6, 6.07) is 0. The molecule has 17 heavy (non-hydrogen) atoms. The largest absolute Gasteiger partial charge is 0.388 e. The number of hydrogen-bond donors (Lipinski definition) is 1. The Labute approximate surface area is 104 Å². The maximum Gasteiger partial charge on any atom is 0.158 e. The van der Waals surface area contributed by atoms with Crippen LogP contribution in [0.15, 0.2) is 11.6 Å². The quantitative estimate of drug-likeness (QED) is 0.771. The minimum Gasteiger partial charge on any atom is -0.388 e. The van der Waals surface area contributed by atoms with Crippen LogP contribution in [-0.2, 0) is 9.47 Å². The monoisotopic (exact) mass is 240 g/mol. The zero-order chi connectivity index (χ0) is 12.3. The van der Waals surface area contributed by atoms with Crippen LogP contribution in [0.2, 0.25) is 0 Å². The Hall–Kier alpha value is -0.380. The summed E-state index contributed by atoms with van der Waals surface area (Å²) in [5, 5.41) is 9.24. The second kappa shape index (κ2) is 5.51. The van der Waals surface area contributed by atoms with Crippen LogP contribution in [0.25, 0.3) is 0 Å². The first-order valence-electron chi connectivity index (χ1n) is 6.64. The van der Waals surface area contributed by atoms with E-state index in [1.54, 1.807) is 5.57 Å². The SMILES string of the molecule is CC1(C)CC=C(CCC2OCC(O)CO2)CC1. The van der Waals surface area contributed by atoms with E-state index in [4.69, 9.17) is 9.47 Å². The average Bonchev–Trinajstić information content (AvgIpc) is 2.30. The molecule has 0 aromatic rings. The molecule has 0 saturated carbocycles. The molecule has 1 heterocycles. The molecule has 0 aromatic carbocycles. The lowest BCUT2D eigenvalue weighted by Gasteiger charge is -2.30. The van der Waals surface area contributed by atoms with E-state index in [9.17, 15) is 5.11 Å². The molecule has 1 N–H and O–H groups in total. The highest BCUT2D eigenvalue weighted by molar-refractivity contribution is 5.08. The normalized spacial score (nSPS) is 33.2. The minimum atomic E-state index is -0.444. The fourth-order valence-electron chi connectivity index (χ4n) is 2.35. The highest BCUT2D eigenvalue weighted by Crippen LogP contribution is 2.35. The number of allylic oxidation sites excluding steroid dienone is 2. The Morgan fingerprint density at radius 1 is 1.35 bits per heavy atom. The van der Waals surface area contributed by atoms with Crippen LogP contribution in [0.5, 0.6) is 0 Å². The van der Waals surface area contributed by atoms with Gasteiger partial charge in [0.05, 0.1) is 13.2 Å². The zero-order valence-corrected chi connectivity index (χ0v) is 10.9. The minimum absolute atomic E-state index is 0.116. The lowest BCUT2D eigenvalue weighted by Crippen LogP contribution is -2.35. The second-order valence-electron chi connectivity index (χ2n) is 6.02. The van der Waals surface area contributed by atoms with Gasteiger partial charge in [0, 0.05) is 6.42 Å². The molecule has 2 aliphatic rings. The topological polar surface area (TPSA) is 38.7 Å². The zero-order valence-electron chi connectivity index (χ0n) is 10.9. The summed E-state index contributed by atoms with van der Waals surface area (Å²) < 4.78 is 10.8. The smallest absolute Gasteiger partial charge is 0.158 e. The molecule has 0 amide bonds. The Morgan fingerprint density at radius 2 is 2.06 bits per heavy atom. The van der Waals surface area contributed by atoms with Gasteiger partial charge >= 0.3 is 0 Å². The molecular weight excluding hydrogens is 216 g/mol. The number of aliphatic hydroxyl groups excluding tert-OH is 1. The third kappa shape index (κ3) is 4.09. The summed E-state index contributed by atoms with van der Waals surface area (Å²) in [5.41, 5.74) is 2.02. The summed E-state index contributed by atoms with van der Waals surface area (Å²) in [6.07, 6.45) is 7.49. The maximum atomic E-state index is 9.24. The molecule has 0 spiro atoms. The molecule has 0 bridgehead atoms. The summed E-state index contributed by atoms with van der Waals surface area (Å²) in [7, 11) is 0. The Morgan fingerprint density at radius 3 is 2.65 bits per heavy atom.